The Kier molecular flexibility index (Phi) is 3.68. The minimum atomic E-state index is -0.535. The molecule has 7 nitrogen and oxygen atoms in total. The fourth-order valence-electron chi connectivity index (χ4n) is 3.50. The summed E-state index contributed by atoms with van der Waals surface area (Å²) in [4.78, 5) is 18.4. The second-order valence-electron chi connectivity index (χ2n) is 6.10. The summed E-state index contributed by atoms with van der Waals surface area (Å²) in [7, 11) is 0. The highest BCUT2D eigenvalue weighted by Gasteiger charge is 2.29. The molecular formula is C18H18N6O. The second kappa shape index (κ2) is 6.01. The summed E-state index contributed by atoms with van der Waals surface area (Å²) in [5, 5.41) is 11.8. The van der Waals surface area contributed by atoms with Crippen LogP contribution in [0.5, 0.6) is 0 Å². The van der Waals surface area contributed by atoms with Crippen LogP contribution in [-0.4, -0.2) is 33.3 Å². The summed E-state index contributed by atoms with van der Waals surface area (Å²) in [5.41, 5.74) is 8.24. The van der Waals surface area contributed by atoms with E-state index < -0.39 is 5.91 Å². The van der Waals surface area contributed by atoms with Crippen LogP contribution in [0.15, 0.2) is 42.7 Å². The molecule has 1 amide bonds. The molecule has 1 aliphatic heterocycles. The number of hydrogen-bond donors (Lipinski definition) is 2. The van der Waals surface area contributed by atoms with Gasteiger partial charge in [-0.3, -0.25) is 4.79 Å². The van der Waals surface area contributed by atoms with Crippen molar-refractivity contribution in [1.29, 1.82) is 5.41 Å². The van der Waals surface area contributed by atoms with Gasteiger partial charge in [0.1, 0.15) is 11.4 Å². The van der Waals surface area contributed by atoms with E-state index in [1.54, 1.807) is 10.7 Å². The third-order valence-corrected chi connectivity index (χ3v) is 4.68. The van der Waals surface area contributed by atoms with Crippen LogP contribution in [0.4, 0.5) is 5.82 Å². The molecule has 1 saturated heterocycles. The fourth-order valence-corrected chi connectivity index (χ4v) is 3.50. The van der Waals surface area contributed by atoms with E-state index in [0.717, 1.165) is 36.3 Å². The normalized spacial score (nSPS) is 17.1. The van der Waals surface area contributed by atoms with E-state index in [4.69, 9.17) is 11.1 Å². The van der Waals surface area contributed by atoms with E-state index in [0.29, 0.717) is 11.2 Å². The van der Waals surface area contributed by atoms with Crippen molar-refractivity contribution in [3.05, 3.63) is 59.4 Å². The van der Waals surface area contributed by atoms with Crippen molar-refractivity contribution < 1.29 is 4.79 Å². The Morgan fingerprint density at radius 3 is 2.96 bits per heavy atom. The number of nitrogens with one attached hydrogen (secondary N) is 1. The average Bonchev–Trinajstić information content (AvgIpc) is 3.27. The molecule has 1 fully saturated rings. The number of amides is 1. The van der Waals surface area contributed by atoms with Crippen molar-refractivity contribution in [1.82, 2.24) is 14.6 Å². The SMILES string of the molecule is N=Cc1ccccc1C1CCCN1c1ccn2ncc(C(N)=O)c2n1. The Hall–Kier alpha value is -3.22. The van der Waals surface area contributed by atoms with E-state index in [1.807, 2.05) is 24.3 Å². The Morgan fingerprint density at radius 1 is 1.32 bits per heavy atom. The Morgan fingerprint density at radius 2 is 2.16 bits per heavy atom. The number of hydrogen-bond acceptors (Lipinski definition) is 5. The number of carbonyl (C=O) groups excluding carboxylic acids is 1. The third kappa shape index (κ3) is 2.53. The van der Waals surface area contributed by atoms with E-state index in [9.17, 15) is 4.79 Å². The van der Waals surface area contributed by atoms with E-state index in [-0.39, 0.29) is 6.04 Å². The molecule has 0 aliphatic carbocycles. The summed E-state index contributed by atoms with van der Waals surface area (Å²) in [6.07, 6.45) is 6.68. The van der Waals surface area contributed by atoms with Gasteiger partial charge in [-0.05, 0) is 30.0 Å². The summed E-state index contributed by atoms with van der Waals surface area (Å²) >= 11 is 0. The fraction of sp³-hybridized carbons (Fsp3) is 0.222. The number of nitrogens with two attached hydrogens (primary N) is 1. The molecule has 0 saturated carbocycles. The molecule has 7 heteroatoms. The van der Waals surface area contributed by atoms with Crippen LogP contribution in [-0.2, 0) is 0 Å². The highest BCUT2D eigenvalue weighted by atomic mass is 16.1. The number of benzene rings is 1. The van der Waals surface area contributed by atoms with Gasteiger partial charge in [-0.15, -0.1) is 0 Å². The van der Waals surface area contributed by atoms with Crippen LogP contribution in [0, 0.1) is 5.41 Å². The number of nitrogens with zero attached hydrogens (tertiary/aromatic N) is 4. The first-order valence-corrected chi connectivity index (χ1v) is 8.19. The highest BCUT2D eigenvalue weighted by molar-refractivity contribution is 5.98. The molecule has 0 radical (unpaired) electrons. The molecule has 1 unspecified atom stereocenters. The zero-order valence-corrected chi connectivity index (χ0v) is 13.6. The van der Waals surface area contributed by atoms with Gasteiger partial charge >= 0.3 is 0 Å². The molecule has 3 aromatic rings. The number of carbonyl (C=O) groups is 1. The van der Waals surface area contributed by atoms with Crippen LogP contribution in [0.1, 0.15) is 40.4 Å². The van der Waals surface area contributed by atoms with Gasteiger partial charge in [0.25, 0.3) is 5.91 Å². The van der Waals surface area contributed by atoms with Crippen molar-refractivity contribution in [2.45, 2.75) is 18.9 Å². The first-order valence-electron chi connectivity index (χ1n) is 8.19. The molecule has 3 heterocycles. The number of aromatic nitrogens is 3. The van der Waals surface area contributed by atoms with Crippen LogP contribution in [0.25, 0.3) is 5.65 Å². The molecule has 4 rings (SSSR count). The Balaban J connectivity index is 1.77. The van der Waals surface area contributed by atoms with Crippen molar-refractivity contribution in [3.8, 4) is 0 Å². The summed E-state index contributed by atoms with van der Waals surface area (Å²) < 4.78 is 1.56. The highest BCUT2D eigenvalue weighted by Crippen LogP contribution is 2.36. The van der Waals surface area contributed by atoms with Gasteiger partial charge in [0.15, 0.2) is 5.65 Å². The average molecular weight is 334 g/mol. The van der Waals surface area contributed by atoms with Gasteiger partial charge in [0.2, 0.25) is 0 Å². The van der Waals surface area contributed by atoms with Crippen molar-refractivity contribution in [2.75, 3.05) is 11.4 Å². The van der Waals surface area contributed by atoms with Crippen molar-refractivity contribution >= 4 is 23.6 Å². The largest absolute Gasteiger partial charge is 0.365 e. The predicted octanol–water partition coefficient (Wildman–Crippen LogP) is 2.17. The predicted molar refractivity (Wildman–Crippen MR) is 95.2 cm³/mol. The van der Waals surface area contributed by atoms with Gasteiger partial charge < -0.3 is 16.0 Å². The molecule has 0 spiro atoms. The zero-order chi connectivity index (χ0) is 17.4. The van der Waals surface area contributed by atoms with E-state index in [1.165, 1.54) is 12.4 Å². The van der Waals surface area contributed by atoms with Crippen molar-refractivity contribution in [3.63, 3.8) is 0 Å². The summed E-state index contributed by atoms with van der Waals surface area (Å²) in [5.74, 6) is 0.254. The van der Waals surface area contributed by atoms with Crippen LogP contribution >= 0.6 is 0 Å². The van der Waals surface area contributed by atoms with Gasteiger partial charge in [0.05, 0.1) is 12.2 Å². The third-order valence-electron chi connectivity index (χ3n) is 4.68. The maximum atomic E-state index is 11.6. The maximum Gasteiger partial charge on any atom is 0.254 e. The zero-order valence-electron chi connectivity index (χ0n) is 13.6. The minimum absolute atomic E-state index is 0.160. The molecule has 1 atom stereocenters. The molecular weight excluding hydrogens is 316 g/mol. The molecule has 126 valence electrons. The van der Waals surface area contributed by atoms with Crippen LogP contribution in [0.2, 0.25) is 0 Å². The smallest absolute Gasteiger partial charge is 0.254 e. The lowest BCUT2D eigenvalue weighted by molar-refractivity contribution is 0.100. The van der Waals surface area contributed by atoms with Gasteiger partial charge in [-0.1, -0.05) is 24.3 Å². The molecule has 1 aromatic carbocycles. The number of fused-ring (bicyclic) bond motifs is 1. The van der Waals surface area contributed by atoms with Gasteiger partial charge in [-0.2, -0.15) is 5.10 Å². The number of anilines is 1. The molecule has 3 N–H and O–H groups in total. The Bertz CT molecular complexity index is 963. The molecule has 1 aliphatic rings. The lowest BCUT2D eigenvalue weighted by Crippen LogP contribution is -2.24. The first-order chi connectivity index (χ1) is 12.2. The quantitative estimate of drug-likeness (QED) is 0.714. The lowest BCUT2D eigenvalue weighted by Gasteiger charge is -2.27. The van der Waals surface area contributed by atoms with E-state index >= 15 is 0 Å². The number of rotatable bonds is 4. The molecule has 25 heavy (non-hydrogen) atoms. The number of primary amides is 1. The summed E-state index contributed by atoms with van der Waals surface area (Å²) in [6.45, 7) is 0.875. The van der Waals surface area contributed by atoms with Crippen molar-refractivity contribution in [2.24, 2.45) is 5.73 Å². The van der Waals surface area contributed by atoms with Gasteiger partial charge in [-0.25, -0.2) is 9.50 Å². The molecule has 2 aromatic heterocycles. The second-order valence-corrected chi connectivity index (χ2v) is 6.10. The first kappa shape index (κ1) is 15.3. The van der Waals surface area contributed by atoms with Gasteiger partial charge in [0, 0.05) is 19.0 Å². The maximum absolute atomic E-state index is 11.6. The summed E-state index contributed by atoms with van der Waals surface area (Å²) in [6, 6.07) is 10.0. The Labute approximate surface area is 144 Å². The standard InChI is InChI=1S/C18H18N6O/c19-10-12-4-1-2-5-13(12)15-6-3-8-23(15)16-7-9-24-18(22-16)14(11-21-24)17(20)25/h1-2,4-5,7,9-11,15,19H,3,6,8H2,(H2,20,25). The van der Waals surface area contributed by atoms with Crippen LogP contribution in [0.3, 0.4) is 0 Å². The monoisotopic (exact) mass is 334 g/mol. The van der Waals surface area contributed by atoms with Crippen LogP contribution < -0.4 is 10.6 Å². The lowest BCUT2D eigenvalue weighted by atomic mass is 9.99. The van der Waals surface area contributed by atoms with E-state index in [2.05, 4.69) is 21.0 Å². The topological polar surface area (TPSA) is 100 Å². The molecule has 0 bridgehead atoms. The minimum Gasteiger partial charge on any atom is -0.365 e.